The van der Waals surface area contributed by atoms with Gasteiger partial charge in [-0.3, -0.25) is 4.79 Å². The first kappa shape index (κ1) is 33.3. The Labute approximate surface area is 279 Å². The fourth-order valence-corrected chi connectivity index (χ4v) is 6.40. The van der Waals surface area contributed by atoms with E-state index in [0.29, 0.717) is 29.6 Å². The van der Waals surface area contributed by atoms with Gasteiger partial charge in [-0.1, -0.05) is 74.9 Å². The molecule has 48 heavy (non-hydrogen) atoms. The van der Waals surface area contributed by atoms with Crippen LogP contribution in [0.3, 0.4) is 0 Å². The number of nitrogens with zero attached hydrogens (tertiary/aromatic N) is 1. The Hall–Kier alpha value is -4.56. The monoisotopic (exact) mass is 654 g/mol. The third-order valence-corrected chi connectivity index (χ3v) is 9.02. The van der Waals surface area contributed by atoms with Crippen LogP contribution in [-0.2, 0) is 23.8 Å². The van der Waals surface area contributed by atoms with E-state index in [1.807, 2.05) is 72.8 Å². The molecule has 0 saturated heterocycles. The van der Waals surface area contributed by atoms with Gasteiger partial charge in [0, 0.05) is 22.6 Å². The summed E-state index contributed by atoms with van der Waals surface area (Å²) in [6.07, 6.45) is -0.00612. The average Bonchev–Trinajstić information content (AvgIpc) is 3.83. The second kappa shape index (κ2) is 14.3. The molecule has 8 heteroatoms. The van der Waals surface area contributed by atoms with Gasteiger partial charge in [-0.25, -0.2) is 0 Å². The van der Waals surface area contributed by atoms with Crippen molar-refractivity contribution in [3.05, 3.63) is 125 Å². The Bertz CT molecular complexity index is 1910. The van der Waals surface area contributed by atoms with Crippen LogP contribution in [0.15, 0.2) is 91.0 Å². The Kier molecular flexibility index (Phi) is 9.92. The van der Waals surface area contributed by atoms with Gasteiger partial charge in [0.25, 0.3) is 5.91 Å². The largest absolute Gasteiger partial charge is 0.496 e. The first-order valence-electron chi connectivity index (χ1n) is 16.7. The van der Waals surface area contributed by atoms with Gasteiger partial charge in [0.1, 0.15) is 17.5 Å². The summed E-state index contributed by atoms with van der Waals surface area (Å²) >= 11 is 0. The molecule has 1 fully saturated rings. The summed E-state index contributed by atoms with van der Waals surface area (Å²) in [6, 6.07) is 27.8. The van der Waals surface area contributed by atoms with Gasteiger partial charge in [-0.15, -0.1) is 0 Å². The zero-order valence-electron chi connectivity index (χ0n) is 27.6. The van der Waals surface area contributed by atoms with Crippen molar-refractivity contribution in [1.29, 1.82) is 0 Å². The molecule has 0 aliphatic heterocycles. The van der Waals surface area contributed by atoms with Crippen LogP contribution >= 0.6 is 0 Å². The van der Waals surface area contributed by atoms with E-state index in [0.717, 1.165) is 65.6 Å². The number of anilines is 1. The fourth-order valence-electron chi connectivity index (χ4n) is 6.40. The lowest BCUT2D eigenvalue weighted by Gasteiger charge is -2.23. The van der Waals surface area contributed by atoms with E-state index in [9.17, 15) is 18.0 Å². The van der Waals surface area contributed by atoms with Crippen molar-refractivity contribution >= 4 is 22.4 Å². The number of hydrogen-bond acceptors (Lipinski definition) is 3. The molecule has 6 rings (SSSR count). The molecule has 250 valence electrons. The van der Waals surface area contributed by atoms with Crippen LogP contribution < -0.4 is 10.1 Å². The van der Waals surface area contributed by atoms with Crippen molar-refractivity contribution in [2.24, 2.45) is 5.92 Å². The number of hydrogen-bond donors (Lipinski definition) is 1. The number of fused-ring (bicyclic) bond motifs is 1. The predicted octanol–water partition coefficient (Wildman–Crippen LogP) is 10.3. The van der Waals surface area contributed by atoms with E-state index in [2.05, 4.69) is 12.2 Å². The second-order valence-corrected chi connectivity index (χ2v) is 12.5. The normalized spacial score (nSPS) is 13.9. The number of alkyl halides is 3. The molecule has 0 radical (unpaired) electrons. The first-order chi connectivity index (χ1) is 23.2. The third kappa shape index (κ3) is 7.14. The van der Waals surface area contributed by atoms with Crippen LogP contribution in [-0.4, -0.2) is 24.2 Å². The zero-order valence-corrected chi connectivity index (χ0v) is 27.6. The second-order valence-electron chi connectivity index (χ2n) is 12.5. The number of nitrogens with one attached hydrogen (secondary N) is 1. The highest BCUT2D eigenvalue weighted by atomic mass is 19.4. The van der Waals surface area contributed by atoms with Crippen molar-refractivity contribution in [1.82, 2.24) is 4.57 Å². The van der Waals surface area contributed by atoms with Crippen LogP contribution in [0.5, 0.6) is 5.75 Å². The number of carbonyl (C=O) groups is 1. The van der Waals surface area contributed by atoms with Crippen LogP contribution in [0.25, 0.3) is 16.5 Å². The number of carbonyl (C=O) groups excluding carboxylic acids is 1. The Morgan fingerprint density at radius 1 is 0.958 bits per heavy atom. The van der Waals surface area contributed by atoms with Crippen molar-refractivity contribution in [3.63, 3.8) is 0 Å². The van der Waals surface area contributed by atoms with E-state index in [-0.39, 0.29) is 17.8 Å². The summed E-state index contributed by atoms with van der Waals surface area (Å²) < 4.78 is 56.8. The lowest BCUT2D eigenvalue weighted by atomic mass is 9.94. The SMILES string of the molecule is CCCCc1cccc(-n2c(C(=O)Nc3cccc(C(OCC4CC4)c4c(OC)ccc5ccccc45)c3)cc(C(F)(F)F)c2CC)c1. The lowest BCUT2D eigenvalue weighted by Crippen LogP contribution is -2.18. The Balaban J connectivity index is 1.39. The molecule has 1 heterocycles. The number of methoxy groups -OCH3 is 1. The molecule has 1 saturated carbocycles. The first-order valence-corrected chi connectivity index (χ1v) is 16.7. The Morgan fingerprint density at radius 2 is 1.75 bits per heavy atom. The topological polar surface area (TPSA) is 52.5 Å². The molecule has 0 spiro atoms. The summed E-state index contributed by atoms with van der Waals surface area (Å²) in [5.74, 6) is 0.560. The van der Waals surface area contributed by atoms with E-state index < -0.39 is 23.8 Å². The van der Waals surface area contributed by atoms with E-state index in [4.69, 9.17) is 9.47 Å². The molecule has 1 amide bonds. The maximum Gasteiger partial charge on any atom is 0.418 e. The number of benzene rings is 4. The van der Waals surface area contributed by atoms with Crippen LogP contribution in [0, 0.1) is 5.92 Å². The minimum atomic E-state index is -4.62. The molecular weight excluding hydrogens is 613 g/mol. The summed E-state index contributed by atoms with van der Waals surface area (Å²) in [7, 11) is 1.64. The van der Waals surface area contributed by atoms with E-state index in [1.165, 1.54) is 4.57 Å². The van der Waals surface area contributed by atoms with Gasteiger partial charge >= 0.3 is 6.18 Å². The molecule has 1 N–H and O–H groups in total. The zero-order chi connectivity index (χ0) is 33.8. The molecule has 0 bridgehead atoms. The van der Waals surface area contributed by atoms with Crippen LogP contribution in [0.1, 0.15) is 84.1 Å². The number of halogens is 3. The highest BCUT2D eigenvalue weighted by molar-refractivity contribution is 6.04. The lowest BCUT2D eigenvalue weighted by molar-refractivity contribution is -0.138. The molecule has 4 aromatic carbocycles. The molecular formula is C40H41F3N2O3. The number of aryl methyl sites for hydroxylation is 1. The maximum atomic E-state index is 14.3. The summed E-state index contributed by atoms with van der Waals surface area (Å²) in [6.45, 7) is 4.35. The van der Waals surface area contributed by atoms with Gasteiger partial charge in [-0.05, 0) is 96.3 Å². The van der Waals surface area contributed by atoms with Crippen LogP contribution in [0.2, 0.25) is 0 Å². The van der Waals surface area contributed by atoms with Gasteiger partial charge in [0.2, 0.25) is 0 Å². The molecule has 5 nitrogen and oxygen atoms in total. The summed E-state index contributed by atoms with van der Waals surface area (Å²) in [5, 5.41) is 4.95. The average molecular weight is 655 g/mol. The van der Waals surface area contributed by atoms with E-state index in [1.54, 1.807) is 26.2 Å². The predicted molar refractivity (Wildman–Crippen MR) is 184 cm³/mol. The molecule has 1 aliphatic carbocycles. The summed E-state index contributed by atoms with van der Waals surface area (Å²) in [4.78, 5) is 14.0. The van der Waals surface area contributed by atoms with Crippen molar-refractivity contribution in [2.75, 3.05) is 19.0 Å². The number of aromatic nitrogens is 1. The number of unbranched alkanes of at least 4 members (excludes halogenated alkanes) is 1. The van der Waals surface area contributed by atoms with Crippen molar-refractivity contribution in [2.45, 2.75) is 64.7 Å². The van der Waals surface area contributed by atoms with Gasteiger partial charge in [0.05, 0.1) is 19.3 Å². The van der Waals surface area contributed by atoms with Crippen molar-refractivity contribution < 1.29 is 27.4 Å². The standard InChI is InChI=1S/C40H41F3N2O3/c1-4-6-11-26-12-9-16-31(22-26)45-34(5-2)33(40(41,42)43)24-35(45)39(46)44-30-15-10-14-29(23-30)38(48-25-27-18-19-27)37-32-17-8-7-13-28(32)20-21-36(37)47-3/h7-10,12-17,20-24,27,38H,4-6,11,18-19,25H2,1-3H3,(H,44,46). The number of amides is 1. The molecule has 1 aromatic heterocycles. The number of rotatable bonds is 13. The molecule has 1 unspecified atom stereocenters. The minimum absolute atomic E-state index is 0.0469. The molecule has 1 atom stereocenters. The highest BCUT2D eigenvalue weighted by Gasteiger charge is 2.38. The quantitative estimate of drug-likeness (QED) is 0.137. The smallest absolute Gasteiger partial charge is 0.418 e. The van der Waals surface area contributed by atoms with Crippen molar-refractivity contribution in [3.8, 4) is 11.4 Å². The Morgan fingerprint density at radius 3 is 2.48 bits per heavy atom. The van der Waals surface area contributed by atoms with Gasteiger partial charge < -0.3 is 19.4 Å². The van der Waals surface area contributed by atoms with Gasteiger partial charge in [0.15, 0.2) is 0 Å². The van der Waals surface area contributed by atoms with E-state index >= 15 is 0 Å². The summed E-state index contributed by atoms with van der Waals surface area (Å²) in [5.41, 5.74) is 2.85. The fraction of sp³-hybridized carbons (Fsp3) is 0.325. The van der Waals surface area contributed by atoms with Crippen LogP contribution in [0.4, 0.5) is 18.9 Å². The third-order valence-electron chi connectivity index (χ3n) is 9.02. The highest BCUT2D eigenvalue weighted by Crippen LogP contribution is 2.41. The van der Waals surface area contributed by atoms with Gasteiger partial charge in [-0.2, -0.15) is 13.2 Å². The number of ether oxygens (including phenoxy) is 2. The maximum absolute atomic E-state index is 14.3. The minimum Gasteiger partial charge on any atom is -0.496 e. The molecule has 1 aliphatic rings. The molecule has 5 aromatic rings.